The second-order valence-corrected chi connectivity index (χ2v) is 9.08. The highest BCUT2D eigenvalue weighted by Gasteiger charge is 2.35. The normalized spacial score (nSPS) is 18.4. The lowest BCUT2D eigenvalue weighted by molar-refractivity contribution is -0.126. The summed E-state index contributed by atoms with van der Waals surface area (Å²) in [7, 11) is 0. The molecule has 164 valence electrons. The SMILES string of the molecule is O=C(NCc1csc(-c2cccnc2)n1)C1CC(=O)N(c2ccc(N3CCCC3)cc2)C1. The lowest BCUT2D eigenvalue weighted by atomic mass is 10.1. The van der Waals surface area contributed by atoms with Crippen LogP contribution in [-0.4, -0.2) is 41.4 Å². The standard InChI is InChI=1S/C24H25N5O2S/c30-22-12-18(15-29(22)21-7-5-20(6-8-21)28-10-1-2-11-28)23(31)26-14-19-16-32-24(27-19)17-4-3-9-25-13-17/h3-9,13,16,18H,1-2,10-12,14-15H2,(H,26,31). The molecule has 4 heterocycles. The first kappa shape index (κ1) is 20.6. The largest absolute Gasteiger partial charge is 0.372 e. The topological polar surface area (TPSA) is 78.4 Å². The molecule has 32 heavy (non-hydrogen) atoms. The summed E-state index contributed by atoms with van der Waals surface area (Å²) in [6.45, 7) is 2.94. The number of aromatic nitrogens is 2. The molecule has 2 fully saturated rings. The van der Waals surface area contributed by atoms with E-state index in [9.17, 15) is 9.59 Å². The van der Waals surface area contributed by atoms with Crippen molar-refractivity contribution in [3.8, 4) is 10.6 Å². The minimum Gasteiger partial charge on any atom is -0.372 e. The maximum Gasteiger partial charge on any atom is 0.227 e. The van der Waals surface area contributed by atoms with Crippen LogP contribution >= 0.6 is 11.3 Å². The summed E-state index contributed by atoms with van der Waals surface area (Å²) in [5.41, 5.74) is 3.82. The fraction of sp³-hybridized carbons (Fsp3) is 0.333. The first-order chi connectivity index (χ1) is 15.7. The van der Waals surface area contributed by atoms with Crippen LogP contribution in [0.1, 0.15) is 25.0 Å². The Labute approximate surface area is 191 Å². The number of thiazole rings is 1. The van der Waals surface area contributed by atoms with Crippen LogP contribution in [0.15, 0.2) is 54.2 Å². The van der Waals surface area contributed by atoms with E-state index in [0.29, 0.717) is 13.1 Å². The number of hydrogen-bond donors (Lipinski definition) is 1. The summed E-state index contributed by atoms with van der Waals surface area (Å²) in [6, 6.07) is 12.0. The summed E-state index contributed by atoms with van der Waals surface area (Å²) in [5, 5.41) is 5.77. The van der Waals surface area contributed by atoms with Gasteiger partial charge in [0.1, 0.15) is 5.01 Å². The van der Waals surface area contributed by atoms with Crippen LogP contribution in [0.25, 0.3) is 10.6 Å². The van der Waals surface area contributed by atoms with E-state index in [1.807, 2.05) is 29.6 Å². The number of carbonyl (C=O) groups is 2. The third-order valence-electron chi connectivity index (χ3n) is 6.03. The molecule has 1 atom stereocenters. The summed E-state index contributed by atoms with van der Waals surface area (Å²) < 4.78 is 0. The first-order valence-corrected chi connectivity index (χ1v) is 11.8. The Bertz CT molecular complexity index is 1090. The van der Waals surface area contributed by atoms with Gasteiger partial charge in [0.15, 0.2) is 0 Å². The van der Waals surface area contributed by atoms with Crippen LogP contribution in [0.2, 0.25) is 0 Å². The molecule has 2 aliphatic rings. The summed E-state index contributed by atoms with van der Waals surface area (Å²) >= 11 is 1.53. The van der Waals surface area contributed by atoms with Gasteiger partial charge in [-0.25, -0.2) is 4.98 Å². The van der Waals surface area contributed by atoms with Crippen LogP contribution in [0.5, 0.6) is 0 Å². The minimum atomic E-state index is -0.350. The third-order valence-corrected chi connectivity index (χ3v) is 6.97. The molecule has 2 aliphatic heterocycles. The number of nitrogens with one attached hydrogen (secondary N) is 1. The highest BCUT2D eigenvalue weighted by molar-refractivity contribution is 7.13. The number of anilines is 2. The predicted octanol–water partition coefficient (Wildman–Crippen LogP) is 3.47. The van der Waals surface area contributed by atoms with Crippen LogP contribution < -0.4 is 15.1 Å². The van der Waals surface area contributed by atoms with Gasteiger partial charge in [-0.05, 0) is 49.2 Å². The lowest BCUT2D eigenvalue weighted by Crippen LogP contribution is -2.32. The zero-order chi connectivity index (χ0) is 21.9. The first-order valence-electron chi connectivity index (χ1n) is 11.0. The molecule has 1 aromatic carbocycles. The van der Waals surface area contributed by atoms with Crippen molar-refractivity contribution in [2.45, 2.75) is 25.8 Å². The van der Waals surface area contributed by atoms with Crippen LogP contribution in [-0.2, 0) is 16.1 Å². The number of benzene rings is 1. The summed E-state index contributed by atoms with van der Waals surface area (Å²) in [5.74, 6) is -0.464. The number of amides is 2. The Kier molecular flexibility index (Phi) is 5.85. The van der Waals surface area contributed by atoms with Gasteiger partial charge in [0, 0.05) is 60.8 Å². The highest BCUT2D eigenvalue weighted by atomic mass is 32.1. The molecule has 0 aliphatic carbocycles. The van der Waals surface area contributed by atoms with Gasteiger partial charge >= 0.3 is 0 Å². The number of hydrogen-bond acceptors (Lipinski definition) is 6. The molecular weight excluding hydrogens is 422 g/mol. The molecule has 1 unspecified atom stereocenters. The molecule has 8 heteroatoms. The molecule has 0 bridgehead atoms. The van der Waals surface area contributed by atoms with Crippen LogP contribution in [0, 0.1) is 5.92 Å². The van der Waals surface area contributed by atoms with Crippen LogP contribution in [0.4, 0.5) is 11.4 Å². The van der Waals surface area contributed by atoms with Gasteiger partial charge in [0.05, 0.1) is 18.2 Å². The van der Waals surface area contributed by atoms with Gasteiger partial charge in [0.2, 0.25) is 11.8 Å². The van der Waals surface area contributed by atoms with Gasteiger partial charge in [-0.1, -0.05) is 0 Å². The van der Waals surface area contributed by atoms with Crippen molar-refractivity contribution in [2.24, 2.45) is 5.92 Å². The Morgan fingerprint density at radius 3 is 2.66 bits per heavy atom. The van der Waals surface area contributed by atoms with Gasteiger partial charge < -0.3 is 15.1 Å². The Morgan fingerprint density at radius 1 is 1.12 bits per heavy atom. The van der Waals surface area contributed by atoms with Crippen molar-refractivity contribution < 1.29 is 9.59 Å². The van der Waals surface area contributed by atoms with Gasteiger partial charge in [0.25, 0.3) is 0 Å². The van der Waals surface area contributed by atoms with Crippen molar-refractivity contribution >= 4 is 34.5 Å². The van der Waals surface area contributed by atoms with Gasteiger partial charge in [-0.3, -0.25) is 14.6 Å². The number of nitrogens with zero attached hydrogens (tertiary/aromatic N) is 4. The second kappa shape index (κ2) is 9.08. The molecule has 7 nitrogen and oxygen atoms in total. The Hall–Kier alpha value is -3.26. The van der Waals surface area contributed by atoms with Crippen molar-refractivity contribution in [2.75, 3.05) is 29.4 Å². The molecule has 5 rings (SSSR count). The van der Waals surface area contributed by atoms with E-state index in [0.717, 1.165) is 35.0 Å². The van der Waals surface area contributed by atoms with E-state index in [2.05, 4.69) is 32.3 Å². The fourth-order valence-corrected chi connectivity index (χ4v) is 5.09. The number of carbonyl (C=O) groups excluding carboxylic acids is 2. The van der Waals surface area contributed by atoms with Gasteiger partial charge in [-0.15, -0.1) is 11.3 Å². The average Bonchev–Trinajstić information content (AvgIpc) is 3.59. The van der Waals surface area contributed by atoms with Crippen molar-refractivity contribution in [1.82, 2.24) is 15.3 Å². The average molecular weight is 448 g/mol. The van der Waals surface area contributed by atoms with E-state index in [4.69, 9.17) is 0 Å². The number of pyridine rings is 1. The van der Waals surface area contributed by atoms with Gasteiger partial charge in [-0.2, -0.15) is 0 Å². The monoisotopic (exact) mass is 447 g/mol. The molecule has 1 N–H and O–H groups in total. The molecule has 2 amide bonds. The molecule has 2 saturated heterocycles. The minimum absolute atomic E-state index is 0.00778. The molecule has 2 aromatic heterocycles. The van der Waals surface area contributed by atoms with E-state index in [1.165, 1.54) is 29.9 Å². The maximum absolute atomic E-state index is 12.7. The summed E-state index contributed by atoms with van der Waals surface area (Å²) in [4.78, 5) is 38.1. The number of rotatable bonds is 6. The highest BCUT2D eigenvalue weighted by Crippen LogP contribution is 2.29. The zero-order valence-electron chi connectivity index (χ0n) is 17.7. The summed E-state index contributed by atoms with van der Waals surface area (Å²) in [6.07, 6.45) is 6.20. The lowest BCUT2D eigenvalue weighted by Gasteiger charge is -2.20. The maximum atomic E-state index is 12.7. The molecular formula is C24H25N5O2S. The van der Waals surface area contributed by atoms with E-state index in [-0.39, 0.29) is 24.2 Å². The Morgan fingerprint density at radius 2 is 1.91 bits per heavy atom. The predicted molar refractivity (Wildman–Crippen MR) is 126 cm³/mol. The molecule has 3 aromatic rings. The van der Waals surface area contributed by atoms with Crippen LogP contribution in [0.3, 0.4) is 0 Å². The van der Waals surface area contributed by atoms with Crippen molar-refractivity contribution in [3.05, 3.63) is 59.9 Å². The van der Waals surface area contributed by atoms with Crippen molar-refractivity contribution in [3.63, 3.8) is 0 Å². The molecule has 0 saturated carbocycles. The smallest absolute Gasteiger partial charge is 0.227 e. The van der Waals surface area contributed by atoms with E-state index >= 15 is 0 Å². The third kappa shape index (κ3) is 4.36. The fourth-order valence-electron chi connectivity index (χ4n) is 4.28. The molecule has 0 spiro atoms. The quantitative estimate of drug-likeness (QED) is 0.626. The van der Waals surface area contributed by atoms with Crippen molar-refractivity contribution in [1.29, 1.82) is 0 Å². The molecule has 0 radical (unpaired) electrons. The van der Waals surface area contributed by atoms with E-state index < -0.39 is 0 Å². The zero-order valence-corrected chi connectivity index (χ0v) is 18.6. The van der Waals surface area contributed by atoms with E-state index in [1.54, 1.807) is 17.3 Å². The Balaban J connectivity index is 1.17. The second-order valence-electron chi connectivity index (χ2n) is 8.22.